The molecule has 6 unspecified atom stereocenters. The van der Waals surface area contributed by atoms with Crippen molar-refractivity contribution in [3.05, 3.63) is 0 Å². The van der Waals surface area contributed by atoms with Crippen LogP contribution in [0.5, 0.6) is 0 Å². The first kappa shape index (κ1) is 24.7. The van der Waals surface area contributed by atoms with Crippen molar-refractivity contribution in [2.75, 3.05) is 0 Å². The molecule has 0 aliphatic heterocycles. The lowest BCUT2D eigenvalue weighted by Gasteiger charge is -2.44. The van der Waals surface area contributed by atoms with Gasteiger partial charge in [-0.2, -0.15) is 0 Å². The van der Waals surface area contributed by atoms with Gasteiger partial charge in [0, 0.05) is 0 Å². The fourth-order valence-corrected chi connectivity index (χ4v) is 7.78. The van der Waals surface area contributed by atoms with Crippen LogP contribution in [0.1, 0.15) is 96.8 Å². The van der Waals surface area contributed by atoms with Gasteiger partial charge in [-0.15, -0.1) is 13.2 Å². The molecule has 0 N–H and O–H groups in total. The molecule has 0 bridgehead atoms. The molecule has 6 heteroatoms. The Bertz CT molecular complexity index is 579. The first-order valence-corrected chi connectivity index (χ1v) is 13.2. The van der Waals surface area contributed by atoms with E-state index < -0.39 is 24.8 Å². The number of halogens is 5. The minimum absolute atomic E-state index is 0.00160. The molecule has 4 aliphatic carbocycles. The van der Waals surface area contributed by atoms with Gasteiger partial charge in [-0.3, -0.25) is 4.74 Å². The number of alkyl halides is 5. The SMILES string of the molecule is CC1CCC(C2CCC(C3CCC(C4CCC(OC(F)(F)F)C(F)C4)C(F)C3)CC2)CC1. The van der Waals surface area contributed by atoms with Gasteiger partial charge in [-0.05, 0) is 118 Å². The highest BCUT2D eigenvalue weighted by molar-refractivity contribution is 4.93. The molecule has 0 spiro atoms. The van der Waals surface area contributed by atoms with Gasteiger partial charge < -0.3 is 0 Å². The third-order valence-electron chi connectivity index (χ3n) is 9.72. The average Bonchev–Trinajstić information content (AvgIpc) is 2.75. The third kappa shape index (κ3) is 6.18. The van der Waals surface area contributed by atoms with Crippen LogP contribution in [-0.2, 0) is 4.74 Å². The van der Waals surface area contributed by atoms with Crippen LogP contribution in [0.2, 0.25) is 0 Å². The Labute approximate surface area is 190 Å². The van der Waals surface area contributed by atoms with E-state index in [0.29, 0.717) is 24.7 Å². The zero-order chi connectivity index (χ0) is 22.9. The smallest absolute Gasteiger partial charge is 0.286 e. The van der Waals surface area contributed by atoms with Gasteiger partial charge in [0.25, 0.3) is 0 Å². The molecule has 0 amide bonds. The summed E-state index contributed by atoms with van der Waals surface area (Å²) in [7, 11) is 0. The molecule has 4 fully saturated rings. The zero-order valence-electron chi connectivity index (χ0n) is 19.5. The number of rotatable bonds is 4. The Morgan fingerprint density at radius 3 is 1.56 bits per heavy atom. The third-order valence-corrected chi connectivity index (χ3v) is 9.72. The topological polar surface area (TPSA) is 9.23 Å². The minimum atomic E-state index is -4.81. The second-order valence-corrected chi connectivity index (χ2v) is 11.6. The van der Waals surface area contributed by atoms with Crippen molar-refractivity contribution in [1.82, 2.24) is 0 Å². The summed E-state index contributed by atoms with van der Waals surface area (Å²) in [6.45, 7) is 2.37. The van der Waals surface area contributed by atoms with E-state index >= 15 is 4.39 Å². The van der Waals surface area contributed by atoms with Crippen molar-refractivity contribution in [2.24, 2.45) is 41.4 Å². The van der Waals surface area contributed by atoms with Gasteiger partial charge in [0.2, 0.25) is 0 Å². The van der Waals surface area contributed by atoms with Crippen molar-refractivity contribution < 1.29 is 26.7 Å². The van der Waals surface area contributed by atoms with E-state index in [9.17, 15) is 17.6 Å². The van der Waals surface area contributed by atoms with Crippen LogP contribution >= 0.6 is 0 Å². The summed E-state index contributed by atoms with van der Waals surface area (Å²) in [6, 6.07) is 0. The van der Waals surface area contributed by atoms with Gasteiger partial charge in [0.1, 0.15) is 12.3 Å². The predicted molar refractivity (Wildman–Crippen MR) is 115 cm³/mol. The lowest BCUT2D eigenvalue weighted by molar-refractivity contribution is -0.352. The van der Waals surface area contributed by atoms with E-state index in [1.165, 1.54) is 51.4 Å². The van der Waals surface area contributed by atoms with Crippen LogP contribution < -0.4 is 0 Å². The molecule has 4 rings (SSSR count). The largest absolute Gasteiger partial charge is 0.522 e. The molecule has 1 nitrogen and oxygen atoms in total. The van der Waals surface area contributed by atoms with Crippen LogP contribution in [0, 0.1) is 41.4 Å². The molecule has 186 valence electrons. The molecule has 0 aromatic carbocycles. The van der Waals surface area contributed by atoms with E-state index in [1.54, 1.807) is 0 Å². The molecular formula is C26H41F5O. The molecule has 0 aromatic rings. The van der Waals surface area contributed by atoms with E-state index in [0.717, 1.165) is 30.6 Å². The van der Waals surface area contributed by atoms with Crippen molar-refractivity contribution in [3.8, 4) is 0 Å². The highest BCUT2D eigenvalue weighted by atomic mass is 19.4. The summed E-state index contributed by atoms with van der Waals surface area (Å²) in [5.41, 5.74) is 0. The molecule has 0 radical (unpaired) electrons. The highest BCUT2D eigenvalue weighted by Gasteiger charge is 2.45. The Morgan fingerprint density at radius 1 is 0.562 bits per heavy atom. The Balaban J connectivity index is 1.21. The maximum absolute atomic E-state index is 15.2. The molecular weight excluding hydrogens is 423 g/mol. The van der Waals surface area contributed by atoms with E-state index in [2.05, 4.69) is 11.7 Å². The van der Waals surface area contributed by atoms with Gasteiger partial charge in [-0.1, -0.05) is 19.8 Å². The molecule has 0 saturated heterocycles. The standard InChI is InChI=1S/C26H41F5O/c1-16-2-4-17(5-3-16)18-6-8-19(9-7-18)20-10-12-22(23(27)14-20)21-11-13-25(24(28)15-21)32-26(29,30)31/h16-25H,2-15H2,1H3. The van der Waals surface area contributed by atoms with Gasteiger partial charge in [0.15, 0.2) is 0 Å². The summed E-state index contributed by atoms with van der Waals surface area (Å²) in [6.07, 6.45) is 4.54. The summed E-state index contributed by atoms with van der Waals surface area (Å²) in [5.74, 6) is 3.36. The van der Waals surface area contributed by atoms with Crippen molar-refractivity contribution >= 4 is 0 Å². The molecule has 0 heterocycles. The Morgan fingerprint density at radius 2 is 1.03 bits per heavy atom. The molecule has 4 saturated carbocycles. The van der Waals surface area contributed by atoms with E-state index in [1.807, 2.05) is 0 Å². The summed E-state index contributed by atoms with van der Waals surface area (Å²) in [5, 5.41) is 0. The number of hydrogen-bond acceptors (Lipinski definition) is 1. The lowest BCUT2D eigenvalue weighted by Crippen LogP contribution is -2.42. The number of hydrogen-bond donors (Lipinski definition) is 0. The lowest BCUT2D eigenvalue weighted by atomic mass is 9.63. The summed E-state index contributed by atoms with van der Waals surface area (Å²) >= 11 is 0. The molecule has 32 heavy (non-hydrogen) atoms. The van der Waals surface area contributed by atoms with Crippen LogP contribution in [0.4, 0.5) is 22.0 Å². The van der Waals surface area contributed by atoms with Crippen LogP contribution in [0.15, 0.2) is 0 Å². The average molecular weight is 465 g/mol. The fourth-order valence-electron chi connectivity index (χ4n) is 7.78. The van der Waals surface area contributed by atoms with Crippen LogP contribution in [0.25, 0.3) is 0 Å². The number of ether oxygens (including phenoxy) is 1. The second-order valence-electron chi connectivity index (χ2n) is 11.6. The maximum Gasteiger partial charge on any atom is 0.522 e. The normalized spacial score (nSPS) is 46.7. The second kappa shape index (κ2) is 10.5. The minimum Gasteiger partial charge on any atom is -0.286 e. The highest BCUT2D eigenvalue weighted by Crippen LogP contribution is 2.49. The van der Waals surface area contributed by atoms with E-state index in [4.69, 9.17) is 0 Å². The fraction of sp³-hybridized carbons (Fsp3) is 1.00. The quantitative estimate of drug-likeness (QED) is 0.379. The van der Waals surface area contributed by atoms with Crippen LogP contribution in [-0.4, -0.2) is 24.8 Å². The molecule has 4 aliphatic rings. The van der Waals surface area contributed by atoms with Crippen molar-refractivity contribution in [1.29, 1.82) is 0 Å². The first-order valence-electron chi connectivity index (χ1n) is 13.2. The maximum atomic E-state index is 15.2. The van der Waals surface area contributed by atoms with Crippen LogP contribution in [0.3, 0.4) is 0 Å². The summed E-state index contributed by atoms with van der Waals surface area (Å²) < 4.78 is 70.8. The predicted octanol–water partition coefficient (Wildman–Crippen LogP) is 8.42. The Hall–Kier alpha value is -0.390. The van der Waals surface area contributed by atoms with E-state index in [-0.39, 0.29) is 24.7 Å². The van der Waals surface area contributed by atoms with Gasteiger partial charge >= 0.3 is 6.36 Å². The van der Waals surface area contributed by atoms with Gasteiger partial charge in [0.05, 0.1) is 6.10 Å². The van der Waals surface area contributed by atoms with Crippen molar-refractivity contribution in [2.45, 2.75) is 122 Å². The monoisotopic (exact) mass is 464 g/mol. The van der Waals surface area contributed by atoms with Crippen molar-refractivity contribution in [3.63, 3.8) is 0 Å². The first-order chi connectivity index (χ1) is 15.2. The Kier molecular flexibility index (Phi) is 8.10. The van der Waals surface area contributed by atoms with Gasteiger partial charge in [-0.25, -0.2) is 8.78 Å². The molecule has 6 atom stereocenters. The summed E-state index contributed by atoms with van der Waals surface area (Å²) in [4.78, 5) is 0. The zero-order valence-corrected chi connectivity index (χ0v) is 19.5. The molecule has 0 aromatic heterocycles.